The van der Waals surface area contributed by atoms with Crippen molar-refractivity contribution in [2.24, 2.45) is 0 Å². The summed E-state index contributed by atoms with van der Waals surface area (Å²) in [4.78, 5) is 22.3. The lowest BCUT2D eigenvalue weighted by molar-refractivity contribution is -0.120. The molecule has 0 saturated heterocycles. The number of nitrogens with one attached hydrogen (secondary N) is 1. The van der Waals surface area contributed by atoms with Crippen LogP contribution in [0.15, 0.2) is 54.7 Å². The number of fused-ring (bicyclic) bond motifs is 1. The molecule has 27 heavy (non-hydrogen) atoms. The van der Waals surface area contributed by atoms with E-state index in [-0.39, 0.29) is 12.5 Å². The van der Waals surface area contributed by atoms with Crippen LogP contribution < -0.4 is 19.7 Å². The second-order valence-electron chi connectivity index (χ2n) is 6.04. The first-order valence-corrected chi connectivity index (χ1v) is 8.42. The Kier molecular flexibility index (Phi) is 4.33. The van der Waals surface area contributed by atoms with Gasteiger partial charge in [-0.05, 0) is 48.5 Å². The number of nitrogens with zero attached hydrogens (tertiary/aromatic N) is 3. The lowest BCUT2D eigenvalue weighted by Gasteiger charge is -2.26. The maximum absolute atomic E-state index is 11.9. The summed E-state index contributed by atoms with van der Waals surface area (Å²) in [6.07, 6.45) is 1.69. The van der Waals surface area contributed by atoms with Crippen molar-refractivity contribution < 1.29 is 14.3 Å². The van der Waals surface area contributed by atoms with Crippen LogP contribution in [0.1, 0.15) is 0 Å². The van der Waals surface area contributed by atoms with Crippen LogP contribution in [0, 0.1) is 0 Å². The number of anilines is 3. The van der Waals surface area contributed by atoms with Crippen molar-refractivity contribution in [2.75, 3.05) is 31.0 Å². The number of ether oxygens (including phenoxy) is 2. The number of hydrogen-bond donors (Lipinski definition) is 1. The Balaban J connectivity index is 1.61. The number of carbonyl (C=O) groups excluding carboxylic acids is 1. The zero-order valence-corrected chi connectivity index (χ0v) is 15.0. The monoisotopic (exact) mass is 362 g/mol. The van der Waals surface area contributed by atoms with Crippen LogP contribution in [0.5, 0.6) is 11.5 Å². The topological polar surface area (TPSA) is 76.6 Å². The summed E-state index contributed by atoms with van der Waals surface area (Å²) in [5.41, 5.74) is 3.21. The molecule has 1 aliphatic heterocycles. The molecule has 0 radical (unpaired) electrons. The Bertz CT molecular complexity index is 989. The number of benzene rings is 2. The summed E-state index contributed by atoms with van der Waals surface area (Å²) in [6, 6.07) is 15.0. The molecule has 4 rings (SSSR count). The van der Waals surface area contributed by atoms with Gasteiger partial charge in [0.1, 0.15) is 11.5 Å². The van der Waals surface area contributed by atoms with E-state index in [2.05, 4.69) is 15.3 Å². The van der Waals surface area contributed by atoms with E-state index in [1.807, 2.05) is 48.5 Å². The fourth-order valence-corrected chi connectivity index (χ4v) is 2.81. The number of methoxy groups -OCH3 is 1. The normalized spacial score (nSPS) is 13.0. The van der Waals surface area contributed by atoms with E-state index in [4.69, 9.17) is 9.47 Å². The highest BCUT2D eigenvalue weighted by atomic mass is 16.5. The molecule has 1 aromatic heterocycles. The molecule has 0 aliphatic carbocycles. The van der Waals surface area contributed by atoms with Gasteiger partial charge >= 0.3 is 0 Å². The summed E-state index contributed by atoms with van der Waals surface area (Å²) in [6.45, 7) is 0.0618. The zero-order valence-electron chi connectivity index (χ0n) is 15.0. The minimum absolute atomic E-state index is 0.0618. The first-order valence-electron chi connectivity index (χ1n) is 8.42. The van der Waals surface area contributed by atoms with E-state index in [0.29, 0.717) is 11.7 Å². The number of aromatic nitrogens is 2. The van der Waals surface area contributed by atoms with E-state index in [9.17, 15) is 4.79 Å². The Labute approximate surface area is 156 Å². The van der Waals surface area contributed by atoms with Gasteiger partial charge in [-0.3, -0.25) is 4.79 Å². The third kappa shape index (κ3) is 3.39. The van der Waals surface area contributed by atoms with E-state index in [0.717, 1.165) is 28.4 Å². The lowest BCUT2D eigenvalue weighted by Crippen LogP contribution is -2.35. The first-order chi connectivity index (χ1) is 13.1. The van der Waals surface area contributed by atoms with Crippen LogP contribution in [0.3, 0.4) is 0 Å². The zero-order chi connectivity index (χ0) is 18.8. The van der Waals surface area contributed by atoms with Crippen molar-refractivity contribution in [3.05, 3.63) is 54.7 Å². The van der Waals surface area contributed by atoms with Gasteiger partial charge in [0, 0.05) is 24.5 Å². The first kappa shape index (κ1) is 16.8. The average molecular weight is 362 g/mol. The molecular formula is C20H18N4O3. The molecule has 1 aliphatic rings. The summed E-state index contributed by atoms with van der Waals surface area (Å²) in [5, 5.41) is 3.18. The van der Waals surface area contributed by atoms with Crippen LogP contribution in [0.25, 0.3) is 11.3 Å². The Morgan fingerprint density at radius 1 is 1.15 bits per heavy atom. The highest BCUT2D eigenvalue weighted by Gasteiger charge is 2.22. The van der Waals surface area contributed by atoms with Crippen molar-refractivity contribution in [3.8, 4) is 22.8 Å². The van der Waals surface area contributed by atoms with Crippen LogP contribution >= 0.6 is 0 Å². The van der Waals surface area contributed by atoms with Gasteiger partial charge in [-0.25, -0.2) is 9.97 Å². The van der Waals surface area contributed by atoms with Gasteiger partial charge in [0.15, 0.2) is 6.61 Å². The number of amides is 1. The fraction of sp³-hybridized carbons (Fsp3) is 0.150. The molecular weight excluding hydrogens is 344 g/mol. The molecule has 2 aromatic carbocycles. The largest absolute Gasteiger partial charge is 0.497 e. The van der Waals surface area contributed by atoms with Gasteiger partial charge in [0.25, 0.3) is 5.91 Å². The smallest absolute Gasteiger partial charge is 0.264 e. The van der Waals surface area contributed by atoms with Crippen molar-refractivity contribution >= 4 is 23.2 Å². The van der Waals surface area contributed by atoms with E-state index < -0.39 is 0 Å². The predicted octanol–water partition coefficient (Wildman–Crippen LogP) is 3.25. The van der Waals surface area contributed by atoms with Crippen LogP contribution in [-0.4, -0.2) is 36.6 Å². The van der Waals surface area contributed by atoms with Crippen LogP contribution in [0.4, 0.5) is 17.3 Å². The minimum atomic E-state index is -0.0794. The molecule has 0 bridgehead atoms. The van der Waals surface area contributed by atoms with Gasteiger partial charge in [0.05, 0.1) is 18.5 Å². The molecule has 2 heterocycles. The summed E-state index contributed by atoms with van der Waals surface area (Å²) in [5.74, 6) is 1.87. The van der Waals surface area contributed by atoms with E-state index in [1.165, 1.54) is 0 Å². The molecule has 7 nitrogen and oxygen atoms in total. The van der Waals surface area contributed by atoms with Crippen LogP contribution in [0.2, 0.25) is 0 Å². The van der Waals surface area contributed by atoms with E-state index >= 15 is 0 Å². The quantitative estimate of drug-likeness (QED) is 0.768. The maximum atomic E-state index is 11.9. The second-order valence-corrected chi connectivity index (χ2v) is 6.04. The third-order valence-corrected chi connectivity index (χ3v) is 4.34. The number of rotatable bonds is 4. The number of hydrogen-bond acceptors (Lipinski definition) is 6. The van der Waals surface area contributed by atoms with Gasteiger partial charge in [-0.1, -0.05) is 0 Å². The van der Waals surface area contributed by atoms with Crippen molar-refractivity contribution in [1.29, 1.82) is 0 Å². The molecule has 0 saturated carbocycles. The molecule has 0 fully saturated rings. The van der Waals surface area contributed by atoms with Crippen molar-refractivity contribution in [3.63, 3.8) is 0 Å². The Hall–Kier alpha value is -3.61. The van der Waals surface area contributed by atoms with Crippen molar-refractivity contribution in [1.82, 2.24) is 9.97 Å². The SMILES string of the molecule is COc1ccc(Nc2nccc(-c3ccc4c(c3)N(C)C(=O)CO4)n2)cc1. The summed E-state index contributed by atoms with van der Waals surface area (Å²) in [7, 11) is 3.37. The second kappa shape index (κ2) is 6.95. The standard InChI is InChI=1S/C20H18N4O3/c1-24-17-11-13(3-8-18(17)27-12-19(24)25)16-9-10-21-20(23-16)22-14-4-6-15(26-2)7-5-14/h3-11H,12H2,1-2H3,(H,21,22,23). The molecule has 0 unspecified atom stereocenters. The van der Waals surface area contributed by atoms with Gasteiger partial charge in [-0.15, -0.1) is 0 Å². The third-order valence-electron chi connectivity index (χ3n) is 4.34. The molecule has 136 valence electrons. The summed E-state index contributed by atoms with van der Waals surface area (Å²) >= 11 is 0. The fourth-order valence-electron chi connectivity index (χ4n) is 2.81. The number of carbonyl (C=O) groups is 1. The molecule has 0 atom stereocenters. The molecule has 7 heteroatoms. The molecule has 1 N–H and O–H groups in total. The lowest BCUT2D eigenvalue weighted by atomic mass is 10.1. The highest BCUT2D eigenvalue weighted by molar-refractivity contribution is 5.98. The van der Waals surface area contributed by atoms with Gasteiger partial charge < -0.3 is 19.7 Å². The maximum Gasteiger partial charge on any atom is 0.264 e. The van der Waals surface area contributed by atoms with Crippen molar-refractivity contribution in [2.45, 2.75) is 0 Å². The molecule has 3 aromatic rings. The number of likely N-dealkylation sites (N-methyl/N-ethyl adjacent to an activating group) is 1. The molecule has 1 amide bonds. The predicted molar refractivity (Wildman–Crippen MR) is 103 cm³/mol. The Morgan fingerprint density at radius 3 is 2.74 bits per heavy atom. The summed E-state index contributed by atoms with van der Waals surface area (Å²) < 4.78 is 10.6. The van der Waals surface area contributed by atoms with Crippen LogP contribution in [-0.2, 0) is 4.79 Å². The minimum Gasteiger partial charge on any atom is -0.497 e. The average Bonchev–Trinajstić information content (AvgIpc) is 2.71. The van der Waals surface area contributed by atoms with Gasteiger partial charge in [-0.2, -0.15) is 0 Å². The Morgan fingerprint density at radius 2 is 1.96 bits per heavy atom. The highest BCUT2D eigenvalue weighted by Crippen LogP contribution is 2.35. The molecule has 0 spiro atoms. The van der Waals surface area contributed by atoms with Gasteiger partial charge in [0.2, 0.25) is 5.95 Å². The van der Waals surface area contributed by atoms with E-state index in [1.54, 1.807) is 25.3 Å².